The second kappa shape index (κ2) is 4.90. The van der Waals surface area contributed by atoms with Crippen molar-refractivity contribution in [3.05, 3.63) is 71.4 Å². The number of rotatable bonds is 2. The number of hydrogen-bond donors (Lipinski definition) is 1. The van der Waals surface area contributed by atoms with Gasteiger partial charge < -0.3 is 5.73 Å². The molecule has 1 atom stereocenters. The van der Waals surface area contributed by atoms with Crippen LogP contribution in [0, 0.1) is 12.7 Å². The topological polar surface area (TPSA) is 51.8 Å². The number of aryl methyl sites for hydroxylation is 1. The fourth-order valence-corrected chi connectivity index (χ4v) is 2.38. The van der Waals surface area contributed by atoms with Gasteiger partial charge in [0.05, 0.1) is 22.9 Å². The zero-order valence-corrected chi connectivity index (χ0v) is 12.0. The van der Waals surface area contributed by atoms with E-state index < -0.39 is 5.54 Å². The molecule has 0 bridgehead atoms. The molecule has 0 aliphatic rings. The van der Waals surface area contributed by atoms with E-state index >= 15 is 0 Å². The first-order valence-corrected chi connectivity index (χ1v) is 6.75. The van der Waals surface area contributed by atoms with Gasteiger partial charge in [-0.05, 0) is 49.7 Å². The minimum atomic E-state index is -0.785. The Labute approximate surface area is 122 Å². The monoisotopic (exact) mass is 281 g/mol. The molecule has 0 saturated carbocycles. The highest BCUT2D eigenvalue weighted by Crippen LogP contribution is 2.27. The molecule has 0 fully saturated rings. The molecule has 0 saturated heterocycles. The summed E-state index contributed by atoms with van der Waals surface area (Å²) in [5.41, 5.74) is 9.09. The lowest BCUT2D eigenvalue weighted by Gasteiger charge is -2.25. The van der Waals surface area contributed by atoms with Gasteiger partial charge in [0, 0.05) is 11.1 Å². The zero-order valence-electron chi connectivity index (χ0n) is 12.0. The predicted molar refractivity (Wildman–Crippen MR) is 81.3 cm³/mol. The van der Waals surface area contributed by atoms with Gasteiger partial charge in [0.2, 0.25) is 0 Å². The van der Waals surface area contributed by atoms with Crippen LogP contribution in [-0.2, 0) is 5.54 Å². The Hall–Kier alpha value is -2.33. The normalized spacial score (nSPS) is 14.1. The first-order chi connectivity index (χ1) is 9.96. The first-order valence-electron chi connectivity index (χ1n) is 6.75. The van der Waals surface area contributed by atoms with Crippen molar-refractivity contribution in [2.45, 2.75) is 19.4 Å². The van der Waals surface area contributed by atoms with E-state index in [1.165, 1.54) is 12.3 Å². The van der Waals surface area contributed by atoms with Gasteiger partial charge in [-0.15, -0.1) is 0 Å². The maximum atomic E-state index is 13.0. The molecule has 106 valence electrons. The molecule has 0 aliphatic heterocycles. The number of nitrogens with zero attached hydrogens (tertiary/aromatic N) is 2. The second-order valence-corrected chi connectivity index (χ2v) is 5.42. The van der Waals surface area contributed by atoms with E-state index in [4.69, 9.17) is 5.73 Å². The van der Waals surface area contributed by atoms with Crippen molar-refractivity contribution in [3.8, 4) is 0 Å². The van der Waals surface area contributed by atoms with Crippen molar-refractivity contribution >= 4 is 10.9 Å². The van der Waals surface area contributed by atoms with Crippen LogP contribution in [0.4, 0.5) is 4.39 Å². The smallest absolute Gasteiger partial charge is 0.141 e. The summed E-state index contributed by atoms with van der Waals surface area (Å²) < 4.78 is 13.0. The number of fused-ring (bicyclic) bond motifs is 1. The number of pyridine rings is 2. The van der Waals surface area contributed by atoms with Crippen LogP contribution < -0.4 is 5.73 Å². The molecule has 3 nitrogen and oxygen atoms in total. The highest BCUT2D eigenvalue weighted by atomic mass is 19.1. The predicted octanol–water partition coefficient (Wildman–Crippen LogP) is 3.30. The number of nitrogens with two attached hydrogens (primary N) is 1. The van der Waals surface area contributed by atoms with Crippen molar-refractivity contribution in [2.75, 3.05) is 0 Å². The Bertz CT molecular complexity index is 795. The highest BCUT2D eigenvalue weighted by Gasteiger charge is 2.25. The fraction of sp³-hybridized carbons (Fsp3) is 0.176. The third kappa shape index (κ3) is 2.50. The van der Waals surface area contributed by atoms with Gasteiger partial charge in [0.25, 0.3) is 0 Å². The van der Waals surface area contributed by atoms with Crippen LogP contribution in [0.1, 0.15) is 23.9 Å². The van der Waals surface area contributed by atoms with Gasteiger partial charge in [-0.2, -0.15) is 0 Å². The maximum absolute atomic E-state index is 13.0. The summed E-state index contributed by atoms with van der Waals surface area (Å²) in [5.74, 6) is -0.368. The Balaban J connectivity index is 2.09. The summed E-state index contributed by atoms with van der Waals surface area (Å²) in [7, 11) is 0. The van der Waals surface area contributed by atoms with Crippen LogP contribution >= 0.6 is 0 Å². The van der Waals surface area contributed by atoms with Crippen LogP contribution in [0.15, 0.2) is 48.7 Å². The van der Waals surface area contributed by atoms with Crippen molar-refractivity contribution < 1.29 is 4.39 Å². The van der Waals surface area contributed by atoms with Crippen LogP contribution in [-0.4, -0.2) is 9.97 Å². The van der Waals surface area contributed by atoms with Crippen molar-refractivity contribution in [3.63, 3.8) is 0 Å². The minimum Gasteiger partial charge on any atom is -0.317 e. The van der Waals surface area contributed by atoms with E-state index in [9.17, 15) is 4.39 Å². The third-order valence-electron chi connectivity index (χ3n) is 3.69. The summed E-state index contributed by atoms with van der Waals surface area (Å²) in [6, 6.07) is 12.9. The second-order valence-electron chi connectivity index (χ2n) is 5.42. The van der Waals surface area contributed by atoms with Gasteiger partial charge in [-0.25, -0.2) is 4.39 Å². The number of halogens is 1. The van der Waals surface area contributed by atoms with Gasteiger partial charge in [0.15, 0.2) is 0 Å². The van der Waals surface area contributed by atoms with E-state index in [1.807, 2.05) is 44.2 Å². The van der Waals surface area contributed by atoms with Crippen molar-refractivity contribution in [2.24, 2.45) is 5.73 Å². The molecular formula is C17H16FN3. The summed E-state index contributed by atoms with van der Waals surface area (Å²) in [6.45, 7) is 3.83. The standard InChI is InChI=1S/C17H16FN3/c1-11-3-4-12-9-13(5-7-15(12)21-11)17(2,19)16-8-6-14(18)10-20-16/h3-10H,19H2,1-2H3. The first kappa shape index (κ1) is 13.6. The fourth-order valence-electron chi connectivity index (χ4n) is 2.38. The number of benzene rings is 1. The molecule has 2 aromatic heterocycles. The minimum absolute atomic E-state index is 0.368. The van der Waals surface area contributed by atoms with Crippen LogP contribution in [0.2, 0.25) is 0 Å². The summed E-state index contributed by atoms with van der Waals surface area (Å²) >= 11 is 0. The summed E-state index contributed by atoms with van der Waals surface area (Å²) in [4.78, 5) is 8.58. The zero-order chi connectivity index (χ0) is 15.0. The average molecular weight is 281 g/mol. The molecule has 0 amide bonds. The molecule has 0 aliphatic carbocycles. The highest BCUT2D eigenvalue weighted by molar-refractivity contribution is 5.79. The Morgan fingerprint density at radius 1 is 1.10 bits per heavy atom. The van der Waals surface area contributed by atoms with Gasteiger partial charge in [-0.1, -0.05) is 12.1 Å². The molecular weight excluding hydrogens is 265 g/mol. The van der Waals surface area contributed by atoms with E-state index in [0.717, 1.165) is 22.2 Å². The summed E-state index contributed by atoms with van der Waals surface area (Å²) in [6.07, 6.45) is 1.19. The molecule has 1 unspecified atom stereocenters. The van der Waals surface area contributed by atoms with Crippen molar-refractivity contribution in [1.29, 1.82) is 0 Å². The van der Waals surface area contributed by atoms with Crippen LogP contribution in [0.25, 0.3) is 10.9 Å². The Morgan fingerprint density at radius 3 is 2.62 bits per heavy atom. The lowest BCUT2D eigenvalue weighted by molar-refractivity contribution is 0.568. The maximum Gasteiger partial charge on any atom is 0.141 e. The van der Waals surface area contributed by atoms with Crippen LogP contribution in [0.3, 0.4) is 0 Å². The Kier molecular flexibility index (Phi) is 3.18. The molecule has 2 heterocycles. The lowest BCUT2D eigenvalue weighted by atomic mass is 9.88. The van der Waals surface area contributed by atoms with Crippen molar-refractivity contribution in [1.82, 2.24) is 9.97 Å². The molecule has 0 spiro atoms. The van der Waals surface area contributed by atoms with E-state index in [0.29, 0.717) is 5.69 Å². The number of aromatic nitrogens is 2. The molecule has 4 heteroatoms. The quantitative estimate of drug-likeness (QED) is 0.784. The summed E-state index contributed by atoms with van der Waals surface area (Å²) in [5, 5.41) is 1.02. The number of hydrogen-bond acceptors (Lipinski definition) is 3. The largest absolute Gasteiger partial charge is 0.317 e. The molecule has 3 rings (SSSR count). The molecule has 0 radical (unpaired) electrons. The molecule has 2 N–H and O–H groups in total. The van der Waals surface area contributed by atoms with E-state index in [2.05, 4.69) is 9.97 Å². The van der Waals surface area contributed by atoms with Gasteiger partial charge >= 0.3 is 0 Å². The molecule has 3 aromatic rings. The lowest BCUT2D eigenvalue weighted by Crippen LogP contribution is -2.35. The van der Waals surface area contributed by atoms with Crippen LogP contribution in [0.5, 0.6) is 0 Å². The SMILES string of the molecule is Cc1ccc2cc(C(C)(N)c3ccc(F)cn3)ccc2n1. The molecule has 1 aromatic carbocycles. The molecule has 21 heavy (non-hydrogen) atoms. The van der Waals surface area contributed by atoms with E-state index in [-0.39, 0.29) is 5.82 Å². The Morgan fingerprint density at radius 2 is 1.90 bits per heavy atom. The van der Waals surface area contributed by atoms with Gasteiger partial charge in [0.1, 0.15) is 5.82 Å². The van der Waals surface area contributed by atoms with E-state index in [1.54, 1.807) is 6.07 Å². The average Bonchev–Trinajstić information content (AvgIpc) is 2.47. The van der Waals surface area contributed by atoms with Gasteiger partial charge in [-0.3, -0.25) is 9.97 Å². The third-order valence-corrected chi connectivity index (χ3v) is 3.69.